The van der Waals surface area contributed by atoms with E-state index < -0.39 is 0 Å². The molecule has 0 saturated carbocycles. The van der Waals surface area contributed by atoms with Crippen LogP contribution in [0.5, 0.6) is 0 Å². The monoisotopic (exact) mass is 311 g/mol. The summed E-state index contributed by atoms with van der Waals surface area (Å²) in [4.78, 5) is 11.7. The van der Waals surface area contributed by atoms with Crippen molar-refractivity contribution in [1.29, 1.82) is 0 Å². The van der Waals surface area contributed by atoms with Crippen molar-refractivity contribution >= 4 is 5.91 Å². The standard InChI is InChI=1S/C15H17N7O/c23-15(7-9-21-12-17-19-20-21)16-8-6-13-10-18-22(11-13)14-4-2-1-3-5-14/h1-5,10-12H,6-9H2,(H,16,23). The molecule has 1 N–H and O–H groups in total. The number of carbonyl (C=O) groups excluding carboxylic acids is 1. The van der Waals surface area contributed by atoms with Gasteiger partial charge in [0, 0.05) is 19.2 Å². The fourth-order valence-corrected chi connectivity index (χ4v) is 2.14. The first kappa shape index (κ1) is 14.9. The van der Waals surface area contributed by atoms with E-state index in [1.54, 1.807) is 0 Å². The minimum Gasteiger partial charge on any atom is -0.356 e. The molecule has 0 unspecified atom stereocenters. The Kier molecular flexibility index (Phi) is 4.72. The third-order valence-corrected chi connectivity index (χ3v) is 3.35. The van der Waals surface area contributed by atoms with E-state index in [4.69, 9.17) is 0 Å². The number of rotatable bonds is 7. The molecule has 1 aromatic carbocycles. The topological polar surface area (TPSA) is 90.5 Å². The van der Waals surface area contributed by atoms with Gasteiger partial charge in [-0.15, -0.1) is 5.10 Å². The van der Waals surface area contributed by atoms with Crippen LogP contribution >= 0.6 is 0 Å². The molecule has 3 aromatic rings. The summed E-state index contributed by atoms with van der Waals surface area (Å²) < 4.78 is 3.36. The molecule has 0 fully saturated rings. The van der Waals surface area contributed by atoms with Crippen molar-refractivity contribution in [2.75, 3.05) is 6.54 Å². The van der Waals surface area contributed by atoms with Crippen molar-refractivity contribution in [2.24, 2.45) is 0 Å². The van der Waals surface area contributed by atoms with Crippen LogP contribution in [0.25, 0.3) is 5.69 Å². The quantitative estimate of drug-likeness (QED) is 0.690. The first-order valence-corrected chi connectivity index (χ1v) is 7.38. The van der Waals surface area contributed by atoms with E-state index in [0.717, 1.165) is 17.7 Å². The molecular weight excluding hydrogens is 294 g/mol. The van der Waals surface area contributed by atoms with Crippen molar-refractivity contribution in [2.45, 2.75) is 19.4 Å². The number of hydrogen-bond acceptors (Lipinski definition) is 5. The summed E-state index contributed by atoms with van der Waals surface area (Å²) in [6, 6.07) is 9.91. The highest BCUT2D eigenvalue weighted by Gasteiger charge is 2.04. The third kappa shape index (κ3) is 4.22. The third-order valence-electron chi connectivity index (χ3n) is 3.35. The molecule has 0 atom stereocenters. The number of tetrazole rings is 1. The number of hydrogen-bond donors (Lipinski definition) is 1. The Morgan fingerprint density at radius 1 is 1.22 bits per heavy atom. The molecule has 0 bridgehead atoms. The van der Waals surface area contributed by atoms with Crippen LogP contribution in [0, 0.1) is 0 Å². The molecule has 2 aromatic heterocycles. The molecule has 0 aliphatic rings. The Balaban J connectivity index is 1.42. The summed E-state index contributed by atoms with van der Waals surface area (Å²) in [7, 11) is 0. The van der Waals surface area contributed by atoms with Crippen molar-refractivity contribution in [3.63, 3.8) is 0 Å². The van der Waals surface area contributed by atoms with Crippen LogP contribution in [0.15, 0.2) is 49.1 Å². The van der Waals surface area contributed by atoms with Gasteiger partial charge in [-0.1, -0.05) is 18.2 Å². The van der Waals surface area contributed by atoms with Crippen LogP contribution in [0.1, 0.15) is 12.0 Å². The van der Waals surface area contributed by atoms with E-state index in [-0.39, 0.29) is 5.91 Å². The van der Waals surface area contributed by atoms with Crippen molar-refractivity contribution in [3.8, 4) is 5.69 Å². The van der Waals surface area contributed by atoms with Crippen molar-refractivity contribution in [3.05, 3.63) is 54.6 Å². The van der Waals surface area contributed by atoms with Crippen molar-refractivity contribution < 1.29 is 4.79 Å². The van der Waals surface area contributed by atoms with Crippen LogP contribution in [0.3, 0.4) is 0 Å². The smallest absolute Gasteiger partial charge is 0.221 e. The maximum atomic E-state index is 11.7. The maximum absolute atomic E-state index is 11.7. The highest BCUT2D eigenvalue weighted by molar-refractivity contribution is 5.75. The predicted molar refractivity (Wildman–Crippen MR) is 82.7 cm³/mol. The molecule has 23 heavy (non-hydrogen) atoms. The lowest BCUT2D eigenvalue weighted by Crippen LogP contribution is -2.26. The Bertz CT molecular complexity index is 736. The number of para-hydroxylation sites is 1. The zero-order valence-corrected chi connectivity index (χ0v) is 12.5. The fourth-order valence-electron chi connectivity index (χ4n) is 2.14. The Morgan fingerprint density at radius 3 is 2.87 bits per heavy atom. The lowest BCUT2D eigenvalue weighted by atomic mass is 10.2. The van der Waals surface area contributed by atoms with E-state index in [2.05, 4.69) is 25.9 Å². The summed E-state index contributed by atoms with van der Waals surface area (Å²) in [5.41, 5.74) is 2.10. The van der Waals surface area contributed by atoms with Gasteiger partial charge in [0.1, 0.15) is 6.33 Å². The highest BCUT2D eigenvalue weighted by atomic mass is 16.1. The number of carbonyl (C=O) groups is 1. The van der Waals surface area contributed by atoms with E-state index in [1.165, 1.54) is 11.0 Å². The zero-order chi connectivity index (χ0) is 15.9. The van der Waals surface area contributed by atoms with Gasteiger partial charge in [-0.2, -0.15) is 5.10 Å². The molecule has 0 aliphatic carbocycles. The normalized spacial score (nSPS) is 10.6. The van der Waals surface area contributed by atoms with Gasteiger partial charge in [-0.05, 0) is 34.5 Å². The van der Waals surface area contributed by atoms with Crippen LogP contribution in [0.4, 0.5) is 0 Å². The first-order valence-electron chi connectivity index (χ1n) is 7.38. The van der Waals surface area contributed by atoms with Crippen LogP contribution in [-0.2, 0) is 17.8 Å². The second-order valence-electron chi connectivity index (χ2n) is 5.05. The fraction of sp³-hybridized carbons (Fsp3) is 0.267. The van der Waals surface area contributed by atoms with Gasteiger partial charge in [0.15, 0.2) is 0 Å². The van der Waals surface area contributed by atoms with Crippen LogP contribution < -0.4 is 5.32 Å². The molecule has 0 aliphatic heterocycles. The molecule has 118 valence electrons. The van der Waals surface area contributed by atoms with Gasteiger partial charge in [-0.3, -0.25) is 4.79 Å². The lowest BCUT2D eigenvalue weighted by Gasteiger charge is -2.04. The largest absolute Gasteiger partial charge is 0.356 e. The molecule has 0 radical (unpaired) electrons. The minimum absolute atomic E-state index is 0.0176. The Morgan fingerprint density at radius 2 is 2.09 bits per heavy atom. The molecule has 3 rings (SSSR count). The van der Waals surface area contributed by atoms with Gasteiger partial charge < -0.3 is 5.32 Å². The maximum Gasteiger partial charge on any atom is 0.221 e. The van der Waals surface area contributed by atoms with Crippen LogP contribution in [-0.4, -0.2) is 42.4 Å². The number of benzene rings is 1. The van der Waals surface area contributed by atoms with Gasteiger partial charge in [0.25, 0.3) is 0 Å². The van der Waals surface area contributed by atoms with Gasteiger partial charge >= 0.3 is 0 Å². The highest BCUT2D eigenvalue weighted by Crippen LogP contribution is 2.07. The SMILES string of the molecule is O=C(CCn1cnnn1)NCCc1cnn(-c2ccccc2)c1. The summed E-state index contributed by atoms with van der Waals surface area (Å²) in [6.07, 6.45) is 6.38. The summed E-state index contributed by atoms with van der Waals surface area (Å²) in [5, 5.41) is 18.0. The van der Waals surface area contributed by atoms with Gasteiger partial charge in [0.05, 0.1) is 18.4 Å². The second-order valence-corrected chi connectivity index (χ2v) is 5.05. The van der Waals surface area contributed by atoms with Gasteiger partial charge in [0.2, 0.25) is 5.91 Å². The van der Waals surface area contributed by atoms with E-state index in [0.29, 0.717) is 19.5 Å². The van der Waals surface area contributed by atoms with E-state index in [1.807, 2.05) is 47.4 Å². The van der Waals surface area contributed by atoms with E-state index in [9.17, 15) is 4.79 Å². The first-order chi connectivity index (χ1) is 11.3. The average molecular weight is 311 g/mol. The number of nitrogens with one attached hydrogen (secondary N) is 1. The van der Waals surface area contributed by atoms with Crippen LogP contribution in [0.2, 0.25) is 0 Å². The molecule has 2 heterocycles. The number of amides is 1. The molecule has 1 amide bonds. The summed E-state index contributed by atoms with van der Waals surface area (Å²) in [5.74, 6) is -0.0176. The van der Waals surface area contributed by atoms with Crippen molar-refractivity contribution in [1.82, 2.24) is 35.3 Å². The Hall–Kier alpha value is -3.03. The molecule has 0 saturated heterocycles. The second kappa shape index (κ2) is 7.30. The Labute approximate surface area is 133 Å². The molecule has 8 heteroatoms. The number of aryl methyl sites for hydroxylation is 1. The zero-order valence-electron chi connectivity index (χ0n) is 12.5. The molecule has 0 spiro atoms. The molecular formula is C15H17N7O. The number of nitrogens with zero attached hydrogens (tertiary/aromatic N) is 6. The van der Waals surface area contributed by atoms with Gasteiger partial charge in [-0.25, -0.2) is 9.36 Å². The number of aromatic nitrogens is 6. The lowest BCUT2D eigenvalue weighted by molar-refractivity contribution is -0.121. The summed E-state index contributed by atoms with van der Waals surface area (Å²) in [6.45, 7) is 1.06. The summed E-state index contributed by atoms with van der Waals surface area (Å²) >= 11 is 0. The van der Waals surface area contributed by atoms with E-state index >= 15 is 0 Å². The minimum atomic E-state index is -0.0176. The molecule has 8 nitrogen and oxygen atoms in total. The average Bonchev–Trinajstić information content (AvgIpc) is 3.26. The predicted octanol–water partition coefficient (Wildman–Crippen LogP) is 0.608.